The Labute approximate surface area is 199 Å². The van der Waals surface area contributed by atoms with Crippen molar-refractivity contribution >= 4 is 6.08 Å². The highest BCUT2D eigenvalue weighted by molar-refractivity contribution is 5.52. The molecule has 0 aliphatic rings. The first-order chi connectivity index (χ1) is 15.4. The first-order valence-corrected chi connectivity index (χ1v) is 12.8. The summed E-state index contributed by atoms with van der Waals surface area (Å²) in [5, 5.41) is 0. The maximum atomic E-state index is 5.94. The van der Waals surface area contributed by atoms with Crippen molar-refractivity contribution in [3.05, 3.63) is 60.2 Å². The maximum absolute atomic E-state index is 5.94. The lowest BCUT2D eigenvalue weighted by molar-refractivity contribution is 0.292. The Bertz CT molecular complexity index is 665. The Morgan fingerprint density at radius 2 is 1.59 bits per heavy atom. The van der Waals surface area contributed by atoms with Gasteiger partial charge >= 0.3 is 0 Å². The van der Waals surface area contributed by atoms with Gasteiger partial charge in [0.05, 0.1) is 6.61 Å². The highest BCUT2D eigenvalue weighted by Crippen LogP contribution is 2.28. The molecule has 32 heavy (non-hydrogen) atoms. The van der Waals surface area contributed by atoms with Crippen LogP contribution in [0, 0.1) is 5.41 Å². The van der Waals surface area contributed by atoms with Crippen LogP contribution < -0.4 is 4.74 Å². The third kappa shape index (κ3) is 12.9. The van der Waals surface area contributed by atoms with E-state index in [0.29, 0.717) is 0 Å². The number of unbranched alkanes of at least 4 members (excludes halogenated alkanes) is 5. The van der Waals surface area contributed by atoms with Crippen LogP contribution in [-0.2, 0) is 0 Å². The fourth-order valence-electron chi connectivity index (χ4n) is 3.76. The molecular weight excluding hydrogens is 390 g/mol. The van der Waals surface area contributed by atoms with Gasteiger partial charge in [0.15, 0.2) is 0 Å². The molecule has 0 saturated heterocycles. The summed E-state index contributed by atoms with van der Waals surface area (Å²) in [5.41, 5.74) is 2.60. The molecule has 1 rings (SSSR count). The van der Waals surface area contributed by atoms with E-state index < -0.39 is 0 Å². The molecule has 2 nitrogen and oxygen atoms in total. The minimum atomic E-state index is 0.0203. The number of hydrogen-bond donors (Lipinski definition) is 0. The minimum Gasteiger partial charge on any atom is -0.494 e. The van der Waals surface area contributed by atoms with Crippen LogP contribution in [0.2, 0.25) is 0 Å². The SMILES string of the molecule is C=C[C@@](C)(/C=C/c1ccc(OCCCCCCCCN(CC)CC)cc1)CCC=C(C)C. The lowest BCUT2D eigenvalue weighted by Crippen LogP contribution is -2.23. The zero-order chi connectivity index (χ0) is 23.7. The number of hydrogen-bond acceptors (Lipinski definition) is 2. The summed E-state index contributed by atoms with van der Waals surface area (Å²) in [6.07, 6.45) is 18.8. The van der Waals surface area contributed by atoms with Crippen molar-refractivity contribution < 1.29 is 4.74 Å². The zero-order valence-electron chi connectivity index (χ0n) is 21.7. The van der Waals surface area contributed by atoms with E-state index in [9.17, 15) is 0 Å². The van der Waals surface area contributed by atoms with Crippen LogP contribution in [0.25, 0.3) is 6.08 Å². The average molecular weight is 440 g/mol. The second kappa shape index (κ2) is 16.8. The van der Waals surface area contributed by atoms with Gasteiger partial charge in [-0.05, 0) is 76.9 Å². The van der Waals surface area contributed by atoms with E-state index in [0.717, 1.165) is 31.6 Å². The van der Waals surface area contributed by atoms with Crippen molar-refractivity contribution in [1.82, 2.24) is 4.90 Å². The van der Waals surface area contributed by atoms with E-state index >= 15 is 0 Å². The van der Waals surface area contributed by atoms with Crippen LogP contribution in [0.15, 0.2) is 54.6 Å². The van der Waals surface area contributed by atoms with Gasteiger partial charge in [0.25, 0.3) is 0 Å². The van der Waals surface area contributed by atoms with Gasteiger partial charge < -0.3 is 9.64 Å². The third-order valence-electron chi connectivity index (χ3n) is 6.27. The number of rotatable bonds is 18. The molecule has 1 atom stereocenters. The van der Waals surface area contributed by atoms with E-state index in [1.165, 1.54) is 62.9 Å². The van der Waals surface area contributed by atoms with E-state index in [4.69, 9.17) is 4.74 Å². The monoisotopic (exact) mass is 439 g/mol. The third-order valence-corrected chi connectivity index (χ3v) is 6.27. The van der Waals surface area contributed by atoms with Gasteiger partial charge in [-0.3, -0.25) is 0 Å². The van der Waals surface area contributed by atoms with Crippen LogP contribution in [0.3, 0.4) is 0 Å². The van der Waals surface area contributed by atoms with Crippen LogP contribution in [0.1, 0.15) is 91.5 Å². The van der Waals surface area contributed by atoms with E-state index in [2.05, 4.69) is 94.7 Å². The summed E-state index contributed by atoms with van der Waals surface area (Å²) in [6.45, 7) is 19.5. The summed E-state index contributed by atoms with van der Waals surface area (Å²) in [5.74, 6) is 0.969. The standard InChI is InChI=1S/C30H49NO/c1-7-30(6,23-16-17-27(4)5)24-22-28-18-20-29(21-19-28)32-26-15-13-11-10-12-14-25-31(8-2)9-3/h7,17-22,24H,1,8-16,23,25-26H2,2-6H3/b24-22+/t30-/m1/s1. The minimum absolute atomic E-state index is 0.0203. The van der Waals surface area contributed by atoms with Gasteiger partial charge in [0, 0.05) is 5.41 Å². The van der Waals surface area contributed by atoms with Gasteiger partial charge in [-0.1, -0.05) is 88.5 Å². The molecule has 2 heteroatoms. The highest BCUT2D eigenvalue weighted by Gasteiger charge is 2.15. The Morgan fingerprint density at radius 1 is 0.969 bits per heavy atom. The lowest BCUT2D eigenvalue weighted by Gasteiger charge is -2.20. The second-order valence-corrected chi connectivity index (χ2v) is 9.43. The summed E-state index contributed by atoms with van der Waals surface area (Å²) in [4.78, 5) is 2.51. The fourth-order valence-corrected chi connectivity index (χ4v) is 3.76. The molecule has 1 aromatic carbocycles. The zero-order valence-corrected chi connectivity index (χ0v) is 21.7. The van der Waals surface area contributed by atoms with E-state index in [1.54, 1.807) is 0 Å². The van der Waals surface area contributed by atoms with Gasteiger partial charge in [0.1, 0.15) is 5.75 Å². The van der Waals surface area contributed by atoms with Crippen LogP contribution >= 0.6 is 0 Å². The van der Waals surface area contributed by atoms with E-state index in [1.807, 2.05) is 0 Å². The first-order valence-electron chi connectivity index (χ1n) is 12.8. The van der Waals surface area contributed by atoms with Crippen LogP contribution in [0.5, 0.6) is 5.75 Å². The molecule has 0 aliphatic carbocycles. The molecule has 0 N–H and O–H groups in total. The average Bonchev–Trinajstić information content (AvgIpc) is 2.79. The van der Waals surface area contributed by atoms with Crippen molar-refractivity contribution in [2.75, 3.05) is 26.2 Å². The molecule has 1 aromatic rings. The summed E-state index contributed by atoms with van der Waals surface area (Å²) >= 11 is 0. The number of benzene rings is 1. The number of nitrogens with zero attached hydrogens (tertiary/aromatic N) is 1. The predicted octanol–water partition coefficient (Wildman–Crippen LogP) is 8.70. The number of allylic oxidation sites excluding steroid dienone is 4. The van der Waals surface area contributed by atoms with Gasteiger partial charge in [0.2, 0.25) is 0 Å². The second-order valence-electron chi connectivity index (χ2n) is 9.43. The fraction of sp³-hybridized carbons (Fsp3) is 0.600. The molecular formula is C30H49NO. The van der Waals surface area contributed by atoms with E-state index in [-0.39, 0.29) is 5.41 Å². The van der Waals surface area contributed by atoms with Crippen LogP contribution in [0.4, 0.5) is 0 Å². The largest absolute Gasteiger partial charge is 0.494 e. The quantitative estimate of drug-likeness (QED) is 0.167. The van der Waals surface area contributed by atoms with Gasteiger partial charge in [-0.2, -0.15) is 0 Å². The highest BCUT2D eigenvalue weighted by atomic mass is 16.5. The van der Waals surface area contributed by atoms with Crippen molar-refractivity contribution in [3.63, 3.8) is 0 Å². The van der Waals surface area contributed by atoms with Gasteiger partial charge in [-0.15, -0.1) is 6.58 Å². The van der Waals surface area contributed by atoms with Gasteiger partial charge in [-0.25, -0.2) is 0 Å². The lowest BCUT2D eigenvalue weighted by atomic mass is 9.84. The summed E-state index contributed by atoms with van der Waals surface area (Å²) < 4.78 is 5.94. The molecule has 0 aliphatic heterocycles. The molecule has 0 spiro atoms. The van der Waals surface area contributed by atoms with Crippen LogP contribution in [-0.4, -0.2) is 31.1 Å². The molecule has 0 bridgehead atoms. The van der Waals surface area contributed by atoms with Crippen molar-refractivity contribution in [1.29, 1.82) is 0 Å². The Balaban J connectivity index is 2.25. The molecule has 0 heterocycles. The summed E-state index contributed by atoms with van der Waals surface area (Å²) in [7, 11) is 0. The van der Waals surface area contributed by atoms with Crippen molar-refractivity contribution in [3.8, 4) is 5.75 Å². The number of ether oxygens (including phenoxy) is 1. The summed E-state index contributed by atoms with van der Waals surface area (Å²) in [6, 6.07) is 8.45. The Morgan fingerprint density at radius 3 is 2.19 bits per heavy atom. The first kappa shape index (κ1) is 28.2. The Kier molecular flexibility index (Phi) is 14.8. The molecule has 180 valence electrons. The Hall–Kier alpha value is -1.80. The van der Waals surface area contributed by atoms with Crippen molar-refractivity contribution in [2.45, 2.75) is 86.0 Å². The predicted molar refractivity (Wildman–Crippen MR) is 143 cm³/mol. The molecule has 0 saturated carbocycles. The molecule has 0 aromatic heterocycles. The van der Waals surface area contributed by atoms with Crippen molar-refractivity contribution in [2.24, 2.45) is 5.41 Å². The molecule has 0 fully saturated rings. The molecule has 0 radical (unpaired) electrons. The smallest absolute Gasteiger partial charge is 0.119 e. The normalized spacial score (nSPS) is 13.3. The molecule has 0 unspecified atom stereocenters. The maximum Gasteiger partial charge on any atom is 0.119 e. The topological polar surface area (TPSA) is 12.5 Å². The molecule has 0 amide bonds.